The van der Waals surface area contributed by atoms with Crippen LogP contribution in [0.25, 0.3) is 0 Å². The smallest absolute Gasteiger partial charge is 0.333 e. The summed E-state index contributed by atoms with van der Waals surface area (Å²) in [5.41, 5.74) is -1.12. The highest BCUT2D eigenvalue weighted by atomic mass is 16.6. The van der Waals surface area contributed by atoms with Gasteiger partial charge in [0.15, 0.2) is 6.04 Å². The molecule has 0 bridgehead atoms. The Labute approximate surface area is 189 Å². The van der Waals surface area contributed by atoms with Gasteiger partial charge in [-0.3, -0.25) is 14.9 Å². The Hall–Kier alpha value is -2.56. The van der Waals surface area contributed by atoms with Gasteiger partial charge in [-0.2, -0.15) is 0 Å². The number of nitro groups is 1. The maximum atomic E-state index is 13.6. The lowest BCUT2D eigenvalue weighted by atomic mass is 10.1. The van der Waals surface area contributed by atoms with Crippen LogP contribution in [0.3, 0.4) is 0 Å². The third-order valence-corrected chi connectivity index (χ3v) is 4.59. The number of rotatable bonds is 7. The van der Waals surface area contributed by atoms with Crippen LogP contribution >= 0.6 is 0 Å². The molecule has 178 valence electrons. The lowest BCUT2D eigenvalue weighted by Gasteiger charge is -2.42. The fourth-order valence-electron chi connectivity index (χ4n) is 3.20. The molecule has 0 aliphatic carbocycles. The van der Waals surface area contributed by atoms with Crippen molar-refractivity contribution in [2.45, 2.75) is 65.0 Å². The Kier molecular flexibility index (Phi) is 8.33. The molecule has 1 heterocycles. The minimum Gasteiger partial charge on any atom is -0.458 e. The molecule has 0 spiro atoms. The third-order valence-electron chi connectivity index (χ3n) is 4.59. The van der Waals surface area contributed by atoms with E-state index in [-0.39, 0.29) is 19.7 Å². The number of benzene rings is 1. The summed E-state index contributed by atoms with van der Waals surface area (Å²) in [6, 6.07) is 7.16. The summed E-state index contributed by atoms with van der Waals surface area (Å²) in [5, 5.41) is 17.3. The van der Waals surface area contributed by atoms with Crippen LogP contribution in [0.5, 0.6) is 0 Å². The van der Waals surface area contributed by atoms with Gasteiger partial charge < -0.3 is 14.8 Å². The van der Waals surface area contributed by atoms with Crippen molar-refractivity contribution >= 4 is 11.9 Å². The Morgan fingerprint density at radius 1 is 1.19 bits per heavy atom. The van der Waals surface area contributed by atoms with Crippen LogP contribution in [0.1, 0.15) is 51.9 Å². The largest absolute Gasteiger partial charge is 0.458 e. The molecule has 2 rings (SSSR count). The molecule has 1 aliphatic rings. The van der Waals surface area contributed by atoms with Crippen molar-refractivity contribution in [1.82, 2.24) is 15.3 Å². The fourth-order valence-corrected chi connectivity index (χ4v) is 3.20. The molecule has 10 heteroatoms. The van der Waals surface area contributed by atoms with Crippen LogP contribution in [0, 0.1) is 10.1 Å². The van der Waals surface area contributed by atoms with Gasteiger partial charge in [-0.05, 0) is 53.7 Å². The fraction of sp³-hybridized carbons (Fsp3) is 0.636. The van der Waals surface area contributed by atoms with Gasteiger partial charge in [0.1, 0.15) is 5.60 Å². The van der Waals surface area contributed by atoms with E-state index in [0.29, 0.717) is 12.1 Å². The topological polar surface area (TPSA) is 114 Å². The predicted molar refractivity (Wildman–Crippen MR) is 118 cm³/mol. The Morgan fingerprint density at radius 3 is 2.34 bits per heavy atom. The van der Waals surface area contributed by atoms with Crippen LogP contribution in [0.15, 0.2) is 30.3 Å². The van der Waals surface area contributed by atoms with E-state index in [4.69, 9.17) is 9.47 Å². The van der Waals surface area contributed by atoms with Crippen LogP contribution in [-0.2, 0) is 14.3 Å². The number of hydrogen-bond acceptors (Lipinski definition) is 8. The number of esters is 1. The summed E-state index contributed by atoms with van der Waals surface area (Å²) in [4.78, 5) is 38.2. The van der Waals surface area contributed by atoms with E-state index in [9.17, 15) is 19.7 Å². The molecule has 1 saturated heterocycles. The summed E-state index contributed by atoms with van der Waals surface area (Å²) in [6.45, 7) is 11.1. The minimum absolute atomic E-state index is 0.0345. The van der Waals surface area contributed by atoms with E-state index in [1.807, 2.05) is 20.8 Å². The number of hydrogen-bond donors (Lipinski definition) is 1. The van der Waals surface area contributed by atoms with Crippen molar-refractivity contribution in [3.63, 3.8) is 0 Å². The molecule has 1 amide bonds. The summed E-state index contributed by atoms with van der Waals surface area (Å²) in [6.07, 6.45) is -1.23. The lowest BCUT2D eigenvalue weighted by Crippen LogP contribution is -2.67. The van der Waals surface area contributed by atoms with Gasteiger partial charge in [-0.15, -0.1) is 5.01 Å². The number of nitrogens with zero attached hydrogens (tertiary/aromatic N) is 3. The van der Waals surface area contributed by atoms with Crippen molar-refractivity contribution in [2.24, 2.45) is 0 Å². The Bertz CT molecular complexity index is 803. The van der Waals surface area contributed by atoms with Crippen LogP contribution in [0.4, 0.5) is 0 Å². The zero-order chi connectivity index (χ0) is 24.1. The van der Waals surface area contributed by atoms with Crippen molar-refractivity contribution in [2.75, 3.05) is 26.2 Å². The summed E-state index contributed by atoms with van der Waals surface area (Å²) in [7, 11) is 0. The minimum atomic E-state index is -1.23. The van der Waals surface area contributed by atoms with Crippen LogP contribution in [0.2, 0.25) is 0 Å². The van der Waals surface area contributed by atoms with Gasteiger partial charge >= 0.3 is 5.97 Å². The normalized spacial score (nSPS) is 18.6. The van der Waals surface area contributed by atoms with Gasteiger partial charge in [-0.25, -0.2) is 9.80 Å². The van der Waals surface area contributed by atoms with Crippen LogP contribution in [-0.4, -0.2) is 76.5 Å². The molecule has 10 nitrogen and oxygen atoms in total. The molecule has 2 atom stereocenters. The number of nitrogens with one attached hydrogen (secondary N) is 1. The van der Waals surface area contributed by atoms with Crippen molar-refractivity contribution in [3.05, 3.63) is 46.0 Å². The Balaban J connectivity index is 2.55. The molecule has 2 unspecified atom stereocenters. The van der Waals surface area contributed by atoms with E-state index >= 15 is 0 Å². The molecule has 1 N–H and O–H groups in total. The molecule has 0 saturated carbocycles. The summed E-state index contributed by atoms with van der Waals surface area (Å²) in [5.74, 6) is -1.22. The van der Waals surface area contributed by atoms with E-state index in [1.54, 1.807) is 51.1 Å². The number of ether oxygens (including phenoxy) is 2. The highest BCUT2D eigenvalue weighted by molar-refractivity contribution is 5.96. The highest BCUT2D eigenvalue weighted by Gasteiger charge is 2.45. The molecule has 1 aromatic carbocycles. The molecular weight excluding hydrogens is 416 g/mol. The lowest BCUT2D eigenvalue weighted by molar-refractivity contribution is -0.562. The number of piperazine rings is 1. The average Bonchev–Trinajstić information content (AvgIpc) is 2.69. The number of carbonyl (C=O) groups is 2. The second-order valence-corrected chi connectivity index (χ2v) is 9.62. The first-order valence-corrected chi connectivity index (χ1v) is 10.7. The maximum Gasteiger partial charge on any atom is 0.333 e. The van der Waals surface area contributed by atoms with Gasteiger partial charge in [-0.1, -0.05) is 18.2 Å². The van der Waals surface area contributed by atoms with Gasteiger partial charge in [0, 0.05) is 23.6 Å². The molecule has 1 fully saturated rings. The zero-order valence-corrected chi connectivity index (χ0v) is 19.7. The first-order chi connectivity index (χ1) is 14.8. The van der Waals surface area contributed by atoms with E-state index in [1.165, 1.54) is 5.01 Å². The van der Waals surface area contributed by atoms with Crippen molar-refractivity contribution < 1.29 is 24.0 Å². The monoisotopic (exact) mass is 450 g/mol. The second kappa shape index (κ2) is 10.4. The van der Waals surface area contributed by atoms with Crippen molar-refractivity contribution in [3.8, 4) is 0 Å². The first kappa shape index (κ1) is 25.7. The van der Waals surface area contributed by atoms with E-state index < -0.39 is 40.2 Å². The number of carbonyl (C=O) groups excluding carboxylic acids is 2. The molecule has 32 heavy (non-hydrogen) atoms. The molecule has 1 aliphatic heterocycles. The summed E-state index contributed by atoms with van der Waals surface area (Å²) < 4.78 is 11.5. The second-order valence-electron chi connectivity index (χ2n) is 9.62. The van der Waals surface area contributed by atoms with Gasteiger partial charge in [0.05, 0.1) is 18.8 Å². The number of hydrazine groups is 1. The average molecular weight is 451 g/mol. The number of amides is 1. The van der Waals surface area contributed by atoms with Gasteiger partial charge in [0.2, 0.25) is 0 Å². The van der Waals surface area contributed by atoms with Gasteiger partial charge in [0.25, 0.3) is 12.1 Å². The SMILES string of the molecule is CC(C)(C)OCC(C(=O)OC(C)(C)C)N(C(=O)c1ccccc1)N1CCNCC1[N+](=O)[O-]. The Morgan fingerprint density at radius 2 is 1.81 bits per heavy atom. The first-order valence-electron chi connectivity index (χ1n) is 10.7. The van der Waals surface area contributed by atoms with E-state index in [0.717, 1.165) is 5.01 Å². The molecule has 0 radical (unpaired) electrons. The quantitative estimate of drug-likeness (QED) is 0.382. The van der Waals surface area contributed by atoms with Crippen LogP contribution < -0.4 is 5.32 Å². The molecular formula is C22H34N4O6. The maximum absolute atomic E-state index is 13.6. The zero-order valence-electron chi connectivity index (χ0n) is 19.7. The standard InChI is InChI=1S/C22H34N4O6/c1-21(2,3)31-15-17(20(28)32-22(4,5)6)25(19(27)16-10-8-7-9-11-16)24-13-12-23-14-18(24)26(29)30/h7-11,17-18,23H,12-15H2,1-6H3. The predicted octanol–water partition coefficient (Wildman–Crippen LogP) is 2.08. The van der Waals surface area contributed by atoms with Crippen molar-refractivity contribution in [1.29, 1.82) is 0 Å². The highest BCUT2D eigenvalue weighted by Crippen LogP contribution is 2.22. The molecule has 1 aromatic rings. The van der Waals surface area contributed by atoms with E-state index in [2.05, 4.69) is 5.32 Å². The molecule has 0 aromatic heterocycles. The third kappa shape index (κ3) is 7.25. The summed E-state index contributed by atoms with van der Waals surface area (Å²) >= 11 is 0.